The summed E-state index contributed by atoms with van der Waals surface area (Å²) in [5, 5.41) is 3.11. The van der Waals surface area contributed by atoms with Crippen LogP contribution in [0.3, 0.4) is 0 Å². The lowest BCUT2D eigenvalue weighted by molar-refractivity contribution is 0.178. The highest BCUT2D eigenvalue weighted by Crippen LogP contribution is 2.17. The summed E-state index contributed by atoms with van der Waals surface area (Å²) < 4.78 is 5.03. The molecule has 0 radical (unpaired) electrons. The standard InChI is InChI=1S/C12H17N5OS/c1-8-14-9(7-19-8)5-17(2)12-4-10(13)15-11(16-12)6-18-3/h4,7H,5-6H2,1-3H3,(H2,13,15,16). The van der Waals surface area contributed by atoms with Crippen molar-refractivity contribution < 1.29 is 4.74 Å². The number of nitrogens with zero attached hydrogens (tertiary/aromatic N) is 4. The van der Waals surface area contributed by atoms with Crippen LogP contribution in [0.2, 0.25) is 0 Å². The molecule has 19 heavy (non-hydrogen) atoms. The van der Waals surface area contributed by atoms with Crippen molar-refractivity contribution in [3.8, 4) is 0 Å². The first-order valence-corrected chi connectivity index (χ1v) is 6.71. The van der Waals surface area contributed by atoms with Crippen LogP contribution in [-0.2, 0) is 17.9 Å². The molecular formula is C12H17N5OS. The molecule has 0 saturated heterocycles. The summed E-state index contributed by atoms with van der Waals surface area (Å²) in [4.78, 5) is 15.0. The van der Waals surface area contributed by atoms with Gasteiger partial charge in [-0.2, -0.15) is 0 Å². The Hall–Kier alpha value is -1.73. The molecule has 2 heterocycles. The molecule has 0 fully saturated rings. The van der Waals surface area contributed by atoms with Gasteiger partial charge in [-0.1, -0.05) is 0 Å². The fraction of sp³-hybridized carbons (Fsp3) is 0.417. The quantitative estimate of drug-likeness (QED) is 0.896. The summed E-state index contributed by atoms with van der Waals surface area (Å²) in [6.07, 6.45) is 0. The number of nitrogen functional groups attached to an aromatic ring is 1. The molecule has 0 unspecified atom stereocenters. The average molecular weight is 279 g/mol. The Morgan fingerprint density at radius 1 is 1.37 bits per heavy atom. The Morgan fingerprint density at radius 3 is 2.79 bits per heavy atom. The van der Waals surface area contributed by atoms with Crippen molar-refractivity contribution in [3.05, 3.63) is 28.0 Å². The SMILES string of the molecule is COCc1nc(N)cc(N(C)Cc2csc(C)n2)n1. The minimum atomic E-state index is 0.349. The Labute approximate surface area is 116 Å². The summed E-state index contributed by atoms with van der Waals surface area (Å²) >= 11 is 1.64. The van der Waals surface area contributed by atoms with Gasteiger partial charge in [0.25, 0.3) is 0 Å². The fourth-order valence-electron chi connectivity index (χ4n) is 1.70. The molecule has 102 valence electrons. The van der Waals surface area contributed by atoms with Crippen molar-refractivity contribution >= 4 is 23.0 Å². The average Bonchev–Trinajstić information content (AvgIpc) is 2.74. The van der Waals surface area contributed by atoms with Crippen molar-refractivity contribution in [3.63, 3.8) is 0 Å². The van der Waals surface area contributed by atoms with Gasteiger partial charge in [0, 0.05) is 25.6 Å². The van der Waals surface area contributed by atoms with E-state index in [1.165, 1.54) is 0 Å². The maximum atomic E-state index is 5.78. The smallest absolute Gasteiger partial charge is 0.158 e. The van der Waals surface area contributed by atoms with Crippen LogP contribution in [-0.4, -0.2) is 29.1 Å². The van der Waals surface area contributed by atoms with Gasteiger partial charge < -0.3 is 15.4 Å². The summed E-state index contributed by atoms with van der Waals surface area (Å²) in [6.45, 7) is 3.03. The minimum absolute atomic E-state index is 0.349. The summed E-state index contributed by atoms with van der Waals surface area (Å²) in [5.74, 6) is 1.79. The van der Waals surface area contributed by atoms with Crippen molar-refractivity contribution in [2.24, 2.45) is 0 Å². The summed E-state index contributed by atoms with van der Waals surface area (Å²) in [5.41, 5.74) is 6.80. The number of rotatable bonds is 5. The van der Waals surface area contributed by atoms with Crippen LogP contribution in [0.5, 0.6) is 0 Å². The van der Waals surface area contributed by atoms with Crippen molar-refractivity contribution in [2.45, 2.75) is 20.1 Å². The zero-order valence-electron chi connectivity index (χ0n) is 11.3. The van der Waals surface area contributed by atoms with Gasteiger partial charge in [-0.25, -0.2) is 15.0 Å². The first-order valence-electron chi connectivity index (χ1n) is 5.83. The molecule has 0 atom stereocenters. The molecule has 2 aromatic rings. The highest BCUT2D eigenvalue weighted by atomic mass is 32.1. The van der Waals surface area contributed by atoms with E-state index in [0.29, 0.717) is 24.8 Å². The lowest BCUT2D eigenvalue weighted by Gasteiger charge is -2.17. The van der Waals surface area contributed by atoms with Crippen LogP contribution in [0.25, 0.3) is 0 Å². The Morgan fingerprint density at radius 2 is 2.16 bits per heavy atom. The molecule has 0 aliphatic carbocycles. The van der Waals surface area contributed by atoms with Crippen LogP contribution in [0.4, 0.5) is 11.6 Å². The number of hydrogen-bond acceptors (Lipinski definition) is 7. The van der Waals surface area contributed by atoms with Gasteiger partial charge in [0.15, 0.2) is 5.82 Å². The zero-order chi connectivity index (χ0) is 13.8. The van der Waals surface area contributed by atoms with E-state index >= 15 is 0 Å². The minimum Gasteiger partial charge on any atom is -0.384 e. The third-order valence-electron chi connectivity index (χ3n) is 2.51. The van der Waals surface area contributed by atoms with Gasteiger partial charge in [-0.15, -0.1) is 11.3 Å². The molecule has 0 saturated carbocycles. The highest BCUT2D eigenvalue weighted by molar-refractivity contribution is 7.09. The third-order valence-corrected chi connectivity index (χ3v) is 3.33. The second-order valence-electron chi connectivity index (χ2n) is 4.21. The van der Waals surface area contributed by atoms with Gasteiger partial charge in [-0.3, -0.25) is 0 Å². The van der Waals surface area contributed by atoms with E-state index in [-0.39, 0.29) is 0 Å². The Bertz CT molecular complexity index is 557. The first kappa shape index (κ1) is 13.7. The summed E-state index contributed by atoms with van der Waals surface area (Å²) in [7, 11) is 3.56. The number of thiazole rings is 1. The van der Waals surface area contributed by atoms with Gasteiger partial charge in [0.1, 0.15) is 18.2 Å². The number of nitrogens with two attached hydrogens (primary N) is 1. The number of hydrogen-bond donors (Lipinski definition) is 1. The molecule has 0 amide bonds. The topological polar surface area (TPSA) is 77.2 Å². The van der Waals surface area contributed by atoms with Gasteiger partial charge in [0.05, 0.1) is 17.2 Å². The van der Waals surface area contributed by atoms with Gasteiger partial charge >= 0.3 is 0 Å². The van der Waals surface area contributed by atoms with Crippen LogP contribution in [0.15, 0.2) is 11.4 Å². The number of aryl methyl sites for hydroxylation is 1. The number of anilines is 2. The predicted octanol–water partition coefficient (Wildman–Crippen LogP) is 1.61. The van der Waals surface area contributed by atoms with E-state index < -0.39 is 0 Å². The molecule has 2 rings (SSSR count). The zero-order valence-corrected chi connectivity index (χ0v) is 12.1. The Kier molecular flexibility index (Phi) is 4.28. The van der Waals surface area contributed by atoms with Crippen molar-refractivity contribution in [2.75, 3.05) is 24.8 Å². The van der Waals surface area contributed by atoms with Crippen molar-refractivity contribution in [1.82, 2.24) is 15.0 Å². The largest absolute Gasteiger partial charge is 0.384 e. The third kappa shape index (κ3) is 3.62. The maximum Gasteiger partial charge on any atom is 0.158 e. The van der Waals surface area contributed by atoms with E-state index in [1.807, 2.05) is 24.3 Å². The molecule has 2 N–H and O–H groups in total. The molecular weight excluding hydrogens is 262 g/mol. The summed E-state index contributed by atoms with van der Waals surface area (Å²) in [6, 6.07) is 1.75. The van der Waals surface area contributed by atoms with Crippen LogP contribution < -0.4 is 10.6 Å². The molecule has 2 aromatic heterocycles. The molecule has 0 spiro atoms. The first-order chi connectivity index (χ1) is 9.08. The molecule has 0 aromatic carbocycles. The number of methoxy groups -OCH3 is 1. The lowest BCUT2D eigenvalue weighted by atomic mass is 10.4. The second-order valence-corrected chi connectivity index (χ2v) is 5.28. The van der Waals surface area contributed by atoms with E-state index in [2.05, 4.69) is 15.0 Å². The van der Waals surface area contributed by atoms with E-state index in [0.717, 1.165) is 16.5 Å². The van der Waals surface area contributed by atoms with Crippen LogP contribution >= 0.6 is 11.3 Å². The molecule has 0 aliphatic heterocycles. The van der Waals surface area contributed by atoms with Gasteiger partial charge in [-0.05, 0) is 6.92 Å². The molecule has 6 nitrogen and oxygen atoms in total. The van der Waals surface area contributed by atoms with E-state index in [4.69, 9.17) is 10.5 Å². The van der Waals surface area contributed by atoms with Gasteiger partial charge in [0.2, 0.25) is 0 Å². The normalized spacial score (nSPS) is 10.7. The van der Waals surface area contributed by atoms with E-state index in [9.17, 15) is 0 Å². The predicted molar refractivity (Wildman–Crippen MR) is 76.1 cm³/mol. The highest BCUT2D eigenvalue weighted by Gasteiger charge is 2.09. The lowest BCUT2D eigenvalue weighted by Crippen LogP contribution is -2.19. The molecule has 0 bridgehead atoms. The molecule has 0 aliphatic rings. The van der Waals surface area contributed by atoms with E-state index in [1.54, 1.807) is 24.5 Å². The maximum absolute atomic E-state index is 5.78. The monoisotopic (exact) mass is 279 g/mol. The van der Waals surface area contributed by atoms with Crippen molar-refractivity contribution in [1.29, 1.82) is 0 Å². The fourth-order valence-corrected chi connectivity index (χ4v) is 2.30. The second kappa shape index (κ2) is 5.94. The van der Waals surface area contributed by atoms with Crippen LogP contribution in [0, 0.1) is 6.92 Å². The molecule has 7 heteroatoms. The Balaban J connectivity index is 2.15. The number of aromatic nitrogens is 3. The number of ether oxygens (including phenoxy) is 1. The van der Waals surface area contributed by atoms with Crippen LogP contribution in [0.1, 0.15) is 16.5 Å².